The number of benzene rings is 1. The fourth-order valence-corrected chi connectivity index (χ4v) is 3.02. The summed E-state index contributed by atoms with van der Waals surface area (Å²) in [6.45, 7) is 1.91. The molecule has 0 fully saturated rings. The number of hydrogen-bond donors (Lipinski definition) is 2. The van der Waals surface area contributed by atoms with E-state index >= 15 is 0 Å². The van der Waals surface area contributed by atoms with Crippen molar-refractivity contribution in [2.24, 2.45) is 0 Å². The number of aryl methyl sites for hydroxylation is 1. The van der Waals surface area contributed by atoms with Crippen LogP contribution in [0, 0.1) is 6.92 Å². The predicted octanol–water partition coefficient (Wildman–Crippen LogP) is 1.85. The summed E-state index contributed by atoms with van der Waals surface area (Å²) in [5.74, 6) is 0. The van der Waals surface area contributed by atoms with Gasteiger partial charge in [0.15, 0.2) is 0 Å². The first-order valence-corrected chi connectivity index (χ1v) is 7.08. The topological polar surface area (TPSA) is 74.8 Å². The lowest BCUT2D eigenvalue weighted by Gasteiger charge is -2.08. The summed E-state index contributed by atoms with van der Waals surface area (Å²) in [5, 5.41) is 6.76. The van der Waals surface area contributed by atoms with Crippen molar-refractivity contribution in [3.63, 3.8) is 0 Å². The summed E-state index contributed by atoms with van der Waals surface area (Å²) in [6.07, 6.45) is 3.20. The molecule has 0 saturated heterocycles. The number of nitrogens with one attached hydrogen (secondary N) is 2. The highest BCUT2D eigenvalue weighted by Crippen LogP contribution is 2.20. The molecule has 2 N–H and O–H groups in total. The lowest BCUT2D eigenvalue weighted by Crippen LogP contribution is -2.23. The summed E-state index contributed by atoms with van der Waals surface area (Å²) in [5.41, 5.74) is 1.41. The molecule has 0 radical (unpaired) electrons. The van der Waals surface area contributed by atoms with Crippen LogP contribution in [0.4, 0.5) is 0 Å². The average molecular weight is 286 g/mol. The maximum Gasteiger partial charge on any atom is 0.241 e. The fraction of sp³-hybridized carbons (Fsp3) is 0.182. The van der Waals surface area contributed by atoms with Crippen molar-refractivity contribution in [2.75, 3.05) is 0 Å². The number of sulfonamides is 1. The van der Waals surface area contributed by atoms with E-state index < -0.39 is 10.0 Å². The molecule has 0 saturated carbocycles. The predicted molar refractivity (Wildman–Crippen MR) is 68.8 cm³/mol. The summed E-state index contributed by atoms with van der Waals surface area (Å²) in [6, 6.07) is 4.77. The van der Waals surface area contributed by atoms with E-state index in [1.54, 1.807) is 31.5 Å². The molecule has 0 aliphatic carbocycles. The molecule has 1 aromatic carbocycles. The van der Waals surface area contributed by atoms with Crippen LogP contribution in [0.5, 0.6) is 0 Å². The Balaban J connectivity index is 2.22. The Labute approximate surface area is 110 Å². The van der Waals surface area contributed by atoms with E-state index in [4.69, 9.17) is 11.6 Å². The van der Waals surface area contributed by atoms with Gasteiger partial charge in [0, 0.05) is 23.3 Å². The minimum Gasteiger partial charge on any atom is -0.285 e. The van der Waals surface area contributed by atoms with Gasteiger partial charge in [-0.1, -0.05) is 17.7 Å². The number of H-pyrrole nitrogens is 1. The summed E-state index contributed by atoms with van der Waals surface area (Å²) >= 11 is 5.82. The third-order valence-corrected chi connectivity index (χ3v) is 4.24. The summed E-state index contributed by atoms with van der Waals surface area (Å²) < 4.78 is 26.7. The molecule has 0 bridgehead atoms. The second-order valence-electron chi connectivity index (χ2n) is 3.84. The van der Waals surface area contributed by atoms with E-state index in [9.17, 15) is 8.42 Å². The summed E-state index contributed by atoms with van der Waals surface area (Å²) in [7, 11) is -3.57. The molecule has 0 spiro atoms. The zero-order valence-electron chi connectivity index (χ0n) is 9.64. The average Bonchev–Trinajstić information content (AvgIpc) is 2.83. The number of aromatic amines is 1. The smallest absolute Gasteiger partial charge is 0.241 e. The lowest BCUT2D eigenvalue weighted by atomic mass is 10.2. The van der Waals surface area contributed by atoms with Gasteiger partial charge in [-0.05, 0) is 24.6 Å². The van der Waals surface area contributed by atoms with Gasteiger partial charge in [-0.15, -0.1) is 0 Å². The molecule has 2 aromatic rings. The Morgan fingerprint density at radius 3 is 2.89 bits per heavy atom. The summed E-state index contributed by atoms with van der Waals surface area (Å²) in [4.78, 5) is 0.193. The zero-order chi connectivity index (χ0) is 13.2. The number of halogens is 1. The van der Waals surface area contributed by atoms with Crippen LogP contribution in [0.2, 0.25) is 5.02 Å². The second kappa shape index (κ2) is 5.09. The van der Waals surface area contributed by atoms with Gasteiger partial charge >= 0.3 is 0 Å². The van der Waals surface area contributed by atoms with Gasteiger partial charge in [0.2, 0.25) is 10.0 Å². The standard InChI is InChI=1S/C11H12ClN3O2S/c1-8-2-3-10(12)4-11(8)18(16,17)15-7-9-5-13-14-6-9/h2-6,15H,7H2,1H3,(H,13,14). The molecule has 2 rings (SSSR count). The SMILES string of the molecule is Cc1ccc(Cl)cc1S(=O)(=O)NCc1cn[nH]c1. The molecule has 5 nitrogen and oxygen atoms in total. The highest BCUT2D eigenvalue weighted by atomic mass is 35.5. The molecule has 0 amide bonds. The normalized spacial score (nSPS) is 11.7. The maximum atomic E-state index is 12.1. The molecule has 0 unspecified atom stereocenters. The molecule has 0 aliphatic heterocycles. The van der Waals surface area contributed by atoms with Gasteiger partial charge in [0.25, 0.3) is 0 Å². The minimum atomic E-state index is -3.57. The quantitative estimate of drug-likeness (QED) is 0.900. The van der Waals surface area contributed by atoms with Gasteiger partial charge in [-0.25, -0.2) is 13.1 Å². The molecular weight excluding hydrogens is 274 g/mol. The second-order valence-corrected chi connectivity index (χ2v) is 6.01. The van der Waals surface area contributed by atoms with Crippen LogP contribution in [0.3, 0.4) is 0 Å². The van der Waals surface area contributed by atoms with Crippen LogP contribution in [0.25, 0.3) is 0 Å². The van der Waals surface area contributed by atoms with Crippen molar-refractivity contribution in [1.82, 2.24) is 14.9 Å². The first-order chi connectivity index (χ1) is 8.49. The van der Waals surface area contributed by atoms with E-state index in [2.05, 4.69) is 14.9 Å². The highest BCUT2D eigenvalue weighted by molar-refractivity contribution is 7.89. The fourth-order valence-electron chi connectivity index (χ4n) is 1.49. The third kappa shape index (κ3) is 2.90. The Kier molecular flexibility index (Phi) is 3.70. The molecule has 7 heteroatoms. The van der Waals surface area contributed by atoms with Gasteiger partial charge in [-0.2, -0.15) is 5.10 Å². The number of rotatable bonds is 4. The van der Waals surface area contributed by atoms with Crippen LogP contribution in [-0.4, -0.2) is 18.6 Å². The van der Waals surface area contributed by atoms with Gasteiger partial charge < -0.3 is 0 Å². The third-order valence-electron chi connectivity index (χ3n) is 2.46. The van der Waals surface area contributed by atoms with E-state index in [1.807, 2.05) is 0 Å². The first kappa shape index (κ1) is 13.1. The van der Waals surface area contributed by atoms with Gasteiger partial charge in [0.1, 0.15) is 0 Å². The Bertz CT molecular complexity index is 638. The van der Waals surface area contributed by atoms with Gasteiger partial charge in [-0.3, -0.25) is 5.10 Å². The highest BCUT2D eigenvalue weighted by Gasteiger charge is 2.16. The number of nitrogens with zero attached hydrogens (tertiary/aromatic N) is 1. The maximum absolute atomic E-state index is 12.1. The van der Waals surface area contributed by atoms with E-state index in [0.717, 1.165) is 5.56 Å². The number of hydrogen-bond acceptors (Lipinski definition) is 3. The molecule has 96 valence electrons. The van der Waals surface area contributed by atoms with Crippen LogP contribution >= 0.6 is 11.6 Å². The Morgan fingerprint density at radius 2 is 2.22 bits per heavy atom. The van der Waals surface area contributed by atoms with Crippen molar-refractivity contribution in [1.29, 1.82) is 0 Å². The molecule has 0 atom stereocenters. The van der Waals surface area contributed by atoms with Gasteiger partial charge in [0.05, 0.1) is 11.1 Å². The van der Waals surface area contributed by atoms with Crippen LogP contribution in [0.1, 0.15) is 11.1 Å². The largest absolute Gasteiger partial charge is 0.285 e. The first-order valence-electron chi connectivity index (χ1n) is 5.22. The van der Waals surface area contributed by atoms with Crippen molar-refractivity contribution in [3.05, 3.63) is 46.7 Å². The van der Waals surface area contributed by atoms with E-state index in [-0.39, 0.29) is 11.4 Å². The zero-order valence-corrected chi connectivity index (χ0v) is 11.2. The molecule has 1 heterocycles. The molecule has 18 heavy (non-hydrogen) atoms. The van der Waals surface area contributed by atoms with Crippen LogP contribution in [-0.2, 0) is 16.6 Å². The van der Waals surface area contributed by atoms with E-state index in [1.165, 1.54) is 6.07 Å². The van der Waals surface area contributed by atoms with Crippen molar-refractivity contribution >= 4 is 21.6 Å². The Hall–Kier alpha value is -1.37. The molecule has 1 aromatic heterocycles. The number of aromatic nitrogens is 2. The van der Waals surface area contributed by atoms with Crippen molar-refractivity contribution < 1.29 is 8.42 Å². The molecule has 0 aliphatic rings. The van der Waals surface area contributed by atoms with Crippen molar-refractivity contribution in [3.8, 4) is 0 Å². The van der Waals surface area contributed by atoms with E-state index in [0.29, 0.717) is 10.6 Å². The Morgan fingerprint density at radius 1 is 1.44 bits per heavy atom. The van der Waals surface area contributed by atoms with Crippen molar-refractivity contribution in [2.45, 2.75) is 18.4 Å². The lowest BCUT2D eigenvalue weighted by molar-refractivity contribution is 0.580. The van der Waals surface area contributed by atoms with Crippen LogP contribution in [0.15, 0.2) is 35.5 Å². The van der Waals surface area contributed by atoms with Crippen LogP contribution < -0.4 is 4.72 Å². The minimum absolute atomic E-state index is 0.185. The monoisotopic (exact) mass is 285 g/mol. The molecular formula is C11H12ClN3O2S.